The Labute approximate surface area is 179 Å². The molecule has 0 aliphatic carbocycles. The first-order chi connectivity index (χ1) is 15.0. The van der Waals surface area contributed by atoms with Gasteiger partial charge >= 0.3 is 11.8 Å². The lowest BCUT2D eigenvalue weighted by Crippen LogP contribution is -2.36. The Kier molecular flexibility index (Phi) is 7.01. The van der Waals surface area contributed by atoms with Crippen LogP contribution in [0.2, 0.25) is 0 Å². The van der Waals surface area contributed by atoms with Gasteiger partial charge in [-0.25, -0.2) is 0 Å². The summed E-state index contributed by atoms with van der Waals surface area (Å²) >= 11 is 0. The predicted octanol–water partition coefficient (Wildman–Crippen LogP) is 2.93. The highest BCUT2D eigenvalue weighted by molar-refractivity contribution is 6.39. The van der Waals surface area contributed by atoms with E-state index in [4.69, 9.17) is 4.74 Å². The fourth-order valence-electron chi connectivity index (χ4n) is 2.87. The second kappa shape index (κ2) is 10.1. The monoisotopic (exact) mass is 418 g/mol. The van der Waals surface area contributed by atoms with Gasteiger partial charge in [-0.2, -0.15) is 0 Å². The maximum absolute atomic E-state index is 12.5. The van der Waals surface area contributed by atoms with Crippen molar-refractivity contribution in [3.05, 3.63) is 89.5 Å². The van der Waals surface area contributed by atoms with E-state index in [1.165, 1.54) is 0 Å². The summed E-state index contributed by atoms with van der Waals surface area (Å²) in [6.45, 7) is 0.284. The quantitative estimate of drug-likeness (QED) is 0.404. The van der Waals surface area contributed by atoms with Gasteiger partial charge < -0.3 is 20.5 Å². The number of phenolic OH excluding ortho intramolecular Hbond substituents is 1. The van der Waals surface area contributed by atoms with Gasteiger partial charge in [0, 0.05) is 23.4 Å². The van der Waals surface area contributed by atoms with E-state index in [0.29, 0.717) is 29.0 Å². The van der Waals surface area contributed by atoms with Crippen molar-refractivity contribution >= 4 is 23.3 Å². The smallest absolute Gasteiger partial charge is 0.313 e. The molecular formula is C24H22N2O5. The van der Waals surface area contributed by atoms with Crippen LogP contribution in [-0.4, -0.2) is 36.4 Å². The summed E-state index contributed by atoms with van der Waals surface area (Å²) in [5.41, 5.74) is 2.31. The summed E-state index contributed by atoms with van der Waals surface area (Å²) in [5, 5.41) is 14.3. The van der Waals surface area contributed by atoms with Crippen molar-refractivity contribution in [3.63, 3.8) is 0 Å². The number of ketones is 1. The van der Waals surface area contributed by atoms with Crippen molar-refractivity contribution in [1.29, 1.82) is 0 Å². The van der Waals surface area contributed by atoms with Crippen LogP contribution >= 0.6 is 0 Å². The van der Waals surface area contributed by atoms with Gasteiger partial charge in [0.1, 0.15) is 11.5 Å². The average molecular weight is 418 g/mol. The number of hydrogen-bond acceptors (Lipinski definition) is 5. The van der Waals surface area contributed by atoms with Gasteiger partial charge in [0.2, 0.25) is 0 Å². The third-order valence-corrected chi connectivity index (χ3v) is 4.60. The number of phenols is 1. The highest BCUT2D eigenvalue weighted by Gasteiger charge is 2.14. The van der Waals surface area contributed by atoms with Gasteiger partial charge in [-0.05, 0) is 72.6 Å². The van der Waals surface area contributed by atoms with Gasteiger partial charge in [0.15, 0.2) is 5.78 Å². The molecule has 0 fully saturated rings. The Balaban J connectivity index is 1.51. The highest BCUT2D eigenvalue weighted by atomic mass is 16.5. The van der Waals surface area contributed by atoms with E-state index in [1.807, 2.05) is 0 Å². The van der Waals surface area contributed by atoms with Gasteiger partial charge in [-0.3, -0.25) is 14.4 Å². The van der Waals surface area contributed by atoms with Crippen LogP contribution in [-0.2, 0) is 16.0 Å². The van der Waals surface area contributed by atoms with E-state index in [1.54, 1.807) is 79.9 Å². The molecule has 0 aliphatic heterocycles. The van der Waals surface area contributed by atoms with E-state index in [9.17, 15) is 19.5 Å². The first kappa shape index (κ1) is 21.6. The van der Waals surface area contributed by atoms with Crippen molar-refractivity contribution < 1.29 is 24.2 Å². The molecule has 7 nitrogen and oxygen atoms in total. The first-order valence-electron chi connectivity index (χ1n) is 9.62. The molecule has 3 rings (SSSR count). The minimum atomic E-state index is -0.792. The summed E-state index contributed by atoms with van der Waals surface area (Å²) < 4.78 is 5.08. The number of amides is 2. The lowest BCUT2D eigenvalue weighted by atomic mass is 10.0. The molecule has 3 aromatic rings. The lowest BCUT2D eigenvalue weighted by Gasteiger charge is -2.08. The molecule has 0 saturated carbocycles. The van der Waals surface area contributed by atoms with Crippen LogP contribution < -0.4 is 15.4 Å². The molecule has 2 amide bonds. The maximum Gasteiger partial charge on any atom is 0.313 e. The number of rotatable bonds is 7. The largest absolute Gasteiger partial charge is 0.508 e. The van der Waals surface area contributed by atoms with Crippen LogP contribution in [0.3, 0.4) is 0 Å². The molecule has 0 unspecified atom stereocenters. The van der Waals surface area contributed by atoms with E-state index in [2.05, 4.69) is 10.6 Å². The maximum atomic E-state index is 12.5. The lowest BCUT2D eigenvalue weighted by molar-refractivity contribution is -0.136. The van der Waals surface area contributed by atoms with Crippen LogP contribution in [0.5, 0.6) is 11.5 Å². The second-order valence-corrected chi connectivity index (χ2v) is 6.76. The summed E-state index contributed by atoms with van der Waals surface area (Å²) in [4.78, 5) is 36.6. The summed E-state index contributed by atoms with van der Waals surface area (Å²) in [5.74, 6) is -0.871. The van der Waals surface area contributed by atoms with Crippen molar-refractivity contribution in [1.82, 2.24) is 5.32 Å². The van der Waals surface area contributed by atoms with E-state index in [-0.39, 0.29) is 18.1 Å². The van der Waals surface area contributed by atoms with Crippen LogP contribution in [0.15, 0.2) is 72.8 Å². The molecule has 158 valence electrons. The van der Waals surface area contributed by atoms with Gasteiger partial charge in [-0.1, -0.05) is 12.1 Å². The Bertz CT molecular complexity index is 1060. The molecule has 31 heavy (non-hydrogen) atoms. The molecule has 7 heteroatoms. The Morgan fingerprint density at radius 1 is 0.806 bits per heavy atom. The number of hydrogen-bond donors (Lipinski definition) is 3. The van der Waals surface area contributed by atoms with Crippen LogP contribution in [0, 0.1) is 0 Å². The second-order valence-electron chi connectivity index (χ2n) is 6.76. The number of carbonyl (C=O) groups excluding carboxylic acids is 3. The molecule has 3 N–H and O–H groups in total. The summed E-state index contributed by atoms with van der Waals surface area (Å²) in [6.07, 6.45) is 0.529. The predicted molar refractivity (Wildman–Crippen MR) is 116 cm³/mol. The standard InChI is InChI=1S/C24H22N2O5/c1-31-21-12-6-18(7-13-21)22(28)17-4-8-19(9-5-17)26-24(30)23(29)25-15-14-16-2-10-20(27)11-3-16/h2-13,27H,14-15H2,1H3,(H,25,29)(H,26,30). The molecular weight excluding hydrogens is 396 g/mol. The third-order valence-electron chi connectivity index (χ3n) is 4.60. The molecule has 0 saturated heterocycles. The number of benzene rings is 3. The molecule has 0 spiro atoms. The SMILES string of the molecule is COc1ccc(C(=O)c2ccc(NC(=O)C(=O)NCCc3ccc(O)cc3)cc2)cc1. The Morgan fingerprint density at radius 3 is 1.97 bits per heavy atom. The number of anilines is 1. The molecule has 0 aromatic heterocycles. The number of carbonyl (C=O) groups is 3. The van der Waals surface area contributed by atoms with Crippen molar-refractivity contribution in [2.45, 2.75) is 6.42 Å². The fourth-order valence-corrected chi connectivity index (χ4v) is 2.87. The molecule has 0 heterocycles. The minimum Gasteiger partial charge on any atom is -0.508 e. The molecule has 0 radical (unpaired) electrons. The van der Waals surface area contributed by atoms with E-state index in [0.717, 1.165) is 5.56 Å². The van der Waals surface area contributed by atoms with Gasteiger partial charge in [-0.15, -0.1) is 0 Å². The van der Waals surface area contributed by atoms with Crippen LogP contribution in [0.1, 0.15) is 21.5 Å². The molecule has 0 atom stereocenters. The minimum absolute atomic E-state index is 0.160. The van der Waals surface area contributed by atoms with Gasteiger partial charge in [0.05, 0.1) is 7.11 Å². The first-order valence-corrected chi connectivity index (χ1v) is 9.62. The third kappa shape index (κ3) is 5.93. The van der Waals surface area contributed by atoms with Crippen molar-refractivity contribution in [3.8, 4) is 11.5 Å². The topological polar surface area (TPSA) is 105 Å². The zero-order valence-electron chi connectivity index (χ0n) is 16.9. The Hall–Kier alpha value is -4.13. The zero-order chi connectivity index (χ0) is 22.2. The summed E-state index contributed by atoms with van der Waals surface area (Å²) in [7, 11) is 1.56. The number of aromatic hydroxyl groups is 1. The van der Waals surface area contributed by atoms with Crippen molar-refractivity contribution in [2.24, 2.45) is 0 Å². The van der Waals surface area contributed by atoms with Gasteiger partial charge in [0.25, 0.3) is 0 Å². The molecule has 0 aliphatic rings. The van der Waals surface area contributed by atoms with E-state index >= 15 is 0 Å². The van der Waals surface area contributed by atoms with Crippen LogP contribution in [0.25, 0.3) is 0 Å². The Morgan fingerprint density at radius 2 is 1.39 bits per heavy atom. The highest BCUT2D eigenvalue weighted by Crippen LogP contribution is 2.17. The average Bonchev–Trinajstić information content (AvgIpc) is 2.80. The number of nitrogens with one attached hydrogen (secondary N) is 2. The molecule has 0 bridgehead atoms. The normalized spacial score (nSPS) is 10.2. The van der Waals surface area contributed by atoms with E-state index < -0.39 is 11.8 Å². The fraction of sp³-hybridized carbons (Fsp3) is 0.125. The van der Waals surface area contributed by atoms with Crippen LogP contribution in [0.4, 0.5) is 5.69 Å². The number of ether oxygens (including phenoxy) is 1. The summed E-state index contributed by atoms with van der Waals surface area (Å²) in [6, 6.07) is 19.7. The molecule has 3 aromatic carbocycles. The number of methoxy groups -OCH3 is 1. The van der Waals surface area contributed by atoms with Crippen molar-refractivity contribution in [2.75, 3.05) is 19.0 Å². The zero-order valence-corrected chi connectivity index (χ0v) is 16.9.